The third kappa shape index (κ3) is 2.53. The van der Waals surface area contributed by atoms with E-state index in [9.17, 15) is 4.79 Å². The molecule has 3 aromatic rings. The van der Waals surface area contributed by atoms with Crippen molar-refractivity contribution in [3.05, 3.63) is 41.1 Å². The second-order valence-corrected chi connectivity index (χ2v) is 6.43. The van der Waals surface area contributed by atoms with Crippen LogP contribution in [0.4, 0.5) is 0 Å². The van der Waals surface area contributed by atoms with Gasteiger partial charge in [-0.1, -0.05) is 31.4 Å². The Bertz CT molecular complexity index is 891. The zero-order valence-corrected chi connectivity index (χ0v) is 13.4. The van der Waals surface area contributed by atoms with Gasteiger partial charge in [0.25, 0.3) is 0 Å². The van der Waals surface area contributed by atoms with Crippen molar-refractivity contribution in [2.75, 3.05) is 7.05 Å². The maximum atomic E-state index is 12.6. The summed E-state index contributed by atoms with van der Waals surface area (Å²) in [5, 5.41) is 5.47. The monoisotopic (exact) mass is 311 g/mol. The summed E-state index contributed by atoms with van der Waals surface area (Å²) in [7, 11) is 2.09. The Morgan fingerprint density at radius 1 is 1.22 bits per heavy atom. The number of fused-ring (bicyclic) bond motifs is 3. The molecule has 1 fully saturated rings. The molecular formula is C17H21N5O. The predicted molar refractivity (Wildman–Crippen MR) is 89.4 cm³/mol. The lowest BCUT2D eigenvalue weighted by atomic mass is 9.95. The normalized spacial score (nSPS) is 16.6. The van der Waals surface area contributed by atoms with Crippen LogP contribution in [0.5, 0.6) is 0 Å². The molecule has 0 saturated heterocycles. The van der Waals surface area contributed by atoms with Crippen molar-refractivity contribution in [2.24, 2.45) is 0 Å². The summed E-state index contributed by atoms with van der Waals surface area (Å²) in [4.78, 5) is 19.2. The van der Waals surface area contributed by atoms with Crippen LogP contribution in [-0.2, 0) is 6.67 Å². The van der Waals surface area contributed by atoms with Gasteiger partial charge in [-0.15, -0.1) is 5.10 Å². The zero-order valence-electron chi connectivity index (χ0n) is 13.4. The standard InChI is InChI=1S/C17H21N5O/c1-20(13-7-3-2-4-8-13)12-22-17(23)21-11-18-15-10-6-5-9-14(15)16(21)19-22/h5-6,9-11,13H,2-4,7-8,12H2,1H3. The quantitative estimate of drug-likeness (QED) is 0.744. The van der Waals surface area contributed by atoms with Crippen molar-refractivity contribution < 1.29 is 0 Å². The molecule has 0 aliphatic heterocycles. The van der Waals surface area contributed by atoms with Crippen molar-refractivity contribution in [3.8, 4) is 0 Å². The molecule has 1 aliphatic carbocycles. The lowest BCUT2D eigenvalue weighted by molar-refractivity contribution is 0.144. The van der Waals surface area contributed by atoms with Gasteiger partial charge in [-0.05, 0) is 32.0 Å². The molecule has 0 radical (unpaired) electrons. The fourth-order valence-corrected chi connectivity index (χ4v) is 3.54. The van der Waals surface area contributed by atoms with Gasteiger partial charge in [-0.25, -0.2) is 14.2 Å². The van der Waals surface area contributed by atoms with Crippen LogP contribution in [0.2, 0.25) is 0 Å². The molecular weight excluding hydrogens is 290 g/mol. The van der Waals surface area contributed by atoms with Gasteiger partial charge in [0.15, 0.2) is 5.65 Å². The van der Waals surface area contributed by atoms with Crippen molar-refractivity contribution in [2.45, 2.75) is 44.8 Å². The van der Waals surface area contributed by atoms with Crippen LogP contribution < -0.4 is 5.69 Å². The molecule has 1 aromatic carbocycles. The summed E-state index contributed by atoms with van der Waals surface area (Å²) in [6, 6.07) is 8.33. The van der Waals surface area contributed by atoms with Gasteiger partial charge in [0, 0.05) is 11.4 Å². The van der Waals surface area contributed by atoms with E-state index in [0.717, 1.165) is 10.9 Å². The third-order valence-electron chi connectivity index (χ3n) is 4.88. The van der Waals surface area contributed by atoms with Gasteiger partial charge in [-0.2, -0.15) is 4.68 Å². The van der Waals surface area contributed by atoms with Crippen LogP contribution in [-0.4, -0.2) is 37.2 Å². The van der Waals surface area contributed by atoms with Crippen LogP contribution >= 0.6 is 0 Å². The second-order valence-electron chi connectivity index (χ2n) is 6.43. The van der Waals surface area contributed by atoms with Gasteiger partial charge in [0.2, 0.25) is 0 Å². The number of hydrogen-bond donors (Lipinski definition) is 0. The minimum atomic E-state index is -0.124. The number of nitrogens with zero attached hydrogens (tertiary/aromatic N) is 5. The molecule has 6 nitrogen and oxygen atoms in total. The number of hydrogen-bond acceptors (Lipinski definition) is 4. The lowest BCUT2D eigenvalue weighted by Gasteiger charge is -2.30. The Balaban J connectivity index is 1.71. The highest BCUT2D eigenvalue weighted by atomic mass is 16.2. The first-order chi connectivity index (χ1) is 11.2. The average Bonchev–Trinajstić information content (AvgIpc) is 2.92. The van der Waals surface area contributed by atoms with E-state index in [1.807, 2.05) is 24.3 Å². The predicted octanol–water partition coefficient (Wildman–Crippen LogP) is 2.27. The first-order valence-corrected chi connectivity index (χ1v) is 8.27. The molecule has 0 N–H and O–H groups in total. The number of aromatic nitrogens is 4. The molecule has 2 heterocycles. The summed E-state index contributed by atoms with van der Waals surface area (Å²) in [5.74, 6) is 0. The van der Waals surface area contributed by atoms with Crippen molar-refractivity contribution >= 4 is 16.6 Å². The largest absolute Gasteiger partial charge is 0.352 e. The fourth-order valence-electron chi connectivity index (χ4n) is 3.54. The summed E-state index contributed by atoms with van der Waals surface area (Å²) in [6.07, 6.45) is 7.89. The molecule has 4 rings (SSSR count). The SMILES string of the molecule is CN(Cn1nc2c3ccccc3ncn2c1=O)C1CCCCC1. The van der Waals surface area contributed by atoms with Gasteiger partial charge in [0.05, 0.1) is 12.2 Å². The number of rotatable bonds is 3. The van der Waals surface area contributed by atoms with E-state index >= 15 is 0 Å². The van der Waals surface area contributed by atoms with Crippen LogP contribution in [0.15, 0.2) is 35.4 Å². The van der Waals surface area contributed by atoms with Crippen molar-refractivity contribution in [1.29, 1.82) is 0 Å². The van der Waals surface area contributed by atoms with Crippen LogP contribution in [0, 0.1) is 0 Å². The van der Waals surface area contributed by atoms with Gasteiger partial charge in [-0.3, -0.25) is 4.90 Å². The van der Waals surface area contributed by atoms with Crippen LogP contribution in [0.25, 0.3) is 16.6 Å². The average molecular weight is 311 g/mol. The summed E-state index contributed by atoms with van der Waals surface area (Å²) < 4.78 is 3.09. The molecule has 23 heavy (non-hydrogen) atoms. The molecule has 1 aliphatic rings. The smallest absolute Gasteiger partial charge is 0.284 e. The minimum absolute atomic E-state index is 0.124. The van der Waals surface area contributed by atoms with E-state index in [-0.39, 0.29) is 5.69 Å². The first kappa shape index (κ1) is 14.4. The summed E-state index contributed by atoms with van der Waals surface area (Å²) in [5.41, 5.74) is 1.41. The van der Waals surface area contributed by atoms with Gasteiger partial charge < -0.3 is 0 Å². The van der Waals surface area contributed by atoms with Gasteiger partial charge in [0.1, 0.15) is 6.33 Å². The Labute approximate surface area is 134 Å². The Hall–Kier alpha value is -2.21. The molecule has 2 aromatic heterocycles. The number of para-hydroxylation sites is 1. The topological polar surface area (TPSA) is 55.4 Å². The molecule has 0 unspecified atom stereocenters. The highest BCUT2D eigenvalue weighted by molar-refractivity contribution is 5.90. The van der Waals surface area contributed by atoms with Crippen LogP contribution in [0.3, 0.4) is 0 Å². The maximum Gasteiger partial charge on any atom is 0.352 e. The summed E-state index contributed by atoms with van der Waals surface area (Å²) >= 11 is 0. The van der Waals surface area contributed by atoms with E-state index < -0.39 is 0 Å². The van der Waals surface area contributed by atoms with Gasteiger partial charge >= 0.3 is 5.69 Å². The molecule has 1 saturated carbocycles. The van der Waals surface area contributed by atoms with E-state index in [2.05, 4.69) is 22.0 Å². The maximum absolute atomic E-state index is 12.6. The zero-order chi connectivity index (χ0) is 15.8. The van der Waals surface area contributed by atoms with E-state index in [4.69, 9.17) is 0 Å². The Morgan fingerprint density at radius 2 is 2.00 bits per heavy atom. The first-order valence-electron chi connectivity index (χ1n) is 8.27. The van der Waals surface area contributed by atoms with Crippen LogP contribution in [0.1, 0.15) is 32.1 Å². The lowest BCUT2D eigenvalue weighted by Crippen LogP contribution is -2.38. The number of benzene rings is 1. The second kappa shape index (κ2) is 5.77. The molecule has 0 atom stereocenters. The van der Waals surface area contributed by atoms with E-state index in [1.54, 1.807) is 11.0 Å². The van der Waals surface area contributed by atoms with E-state index in [0.29, 0.717) is 18.4 Å². The third-order valence-corrected chi connectivity index (χ3v) is 4.88. The van der Waals surface area contributed by atoms with E-state index in [1.165, 1.54) is 36.5 Å². The van der Waals surface area contributed by atoms with Crippen molar-refractivity contribution in [1.82, 2.24) is 24.1 Å². The molecule has 6 heteroatoms. The molecule has 120 valence electrons. The highest BCUT2D eigenvalue weighted by Crippen LogP contribution is 2.22. The van der Waals surface area contributed by atoms with Crippen molar-refractivity contribution in [3.63, 3.8) is 0 Å². The highest BCUT2D eigenvalue weighted by Gasteiger charge is 2.20. The Kier molecular flexibility index (Phi) is 3.61. The summed E-state index contributed by atoms with van der Waals surface area (Å²) in [6.45, 7) is 0.527. The molecule has 0 amide bonds. The fraction of sp³-hybridized carbons (Fsp3) is 0.471. The molecule has 0 bridgehead atoms. The Morgan fingerprint density at radius 3 is 2.83 bits per heavy atom. The minimum Gasteiger partial charge on any atom is -0.284 e. The molecule has 0 spiro atoms.